The Morgan fingerprint density at radius 2 is 1.37 bits per heavy atom. The zero-order valence-electron chi connectivity index (χ0n) is 25.2. The number of allylic oxidation sites excluding steroid dienone is 1. The summed E-state index contributed by atoms with van der Waals surface area (Å²) in [5, 5.41) is 5.52. The van der Waals surface area contributed by atoms with Crippen LogP contribution < -0.4 is 20.1 Å². The molecule has 0 aliphatic heterocycles. The van der Waals surface area contributed by atoms with Crippen molar-refractivity contribution in [3.63, 3.8) is 0 Å². The van der Waals surface area contributed by atoms with Crippen LogP contribution in [0.3, 0.4) is 0 Å². The smallest absolute Gasteiger partial charge is 0.272 e. The van der Waals surface area contributed by atoms with E-state index in [1.807, 2.05) is 54.6 Å². The summed E-state index contributed by atoms with van der Waals surface area (Å²) in [7, 11) is 1.55. The van der Waals surface area contributed by atoms with Crippen LogP contribution in [0.5, 0.6) is 11.5 Å². The number of rotatable bonds is 12. The van der Waals surface area contributed by atoms with Crippen LogP contribution in [0.25, 0.3) is 12.2 Å². The Morgan fingerprint density at radius 1 is 0.674 bits per heavy atom. The van der Waals surface area contributed by atoms with Crippen molar-refractivity contribution in [3.8, 4) is 11.5 Å². The molecule has 0 fully saturated rings. The molecule has 2 amide bonds. The number of ether oxygens (including phenoxy) is 2. The maximum absolute atomic E-state index is 13.3. The Balaban J connectivity index is 1.22. The highest BCUT2D eigenvalue weighted by atomic mass is 16.5. The third-order valence-electron chi connectivity index (χ3n) is 6.92. The van der Waals surface area contributed by atoms with E-state index in [1.165, 1.54) is 6.08 Å². The number of carbonyl (C=O) groups is 3. The Morgan fingerprint density at radius 3 is 2.07 bits per heavy atom. The minimum absolute atomic E-state index is 0.0432. The van der Waals surface area contributed by atoms with Crippen molar-refractivity contribution in [2.45, 2.75) is 6.61 Å². The topological polar surface area (TPSA) is 93.7 Å². The van der Waals surface area contributed by atoms with E-state index in [0.717, 1.165) is 16.9 Å². The van der Waals surface area contributed by atoms with E-state index >= 15 is 0 Å². The summed E-state index contributed by atoms with van der Waals surface area (Å²) in [5.74, 6) is 0.221. The first kappa shape index (κ1) is 31.2. The number of ketones is 1. The Labute approximate surface area is 267 Å². The van der Waals surface area contributed by atoms with Gasteiger partial charge in [0.1, 0.15) is 23.8 Å². The molecule has 0 spiro atoms. The zero-order chi connectivity index (χ0) is 32.1. The number of anilines is 1. The summed E-state index contributed by atoms with van der Waals surface area (Å²) in [5.41, 5.74) is 3.99. The molecule has 5 rings (SSSR count). The van der Waals surface area contributed by atoms with Crippen LogP contribution in [0.15, 0.2) is 145 Å². The van der Waals surface area contributed by atoms with Gasteiger partial charge in [-0.1, -0.05) is 78.9 Å². The van der Waals surface area contributed by atoms with E-state index in [-0.39, 0.29) is 11.5 Å². The molecule has 0 heterocycles. The maximum atomic E-state index is 13.3. The van der Waals surface area contributed by atoms with Gasteiger partial charge in [-0.15, -0.1) is 0 Å². The van der Waals surface area contributed by atoms with Gasteiger partial charge in [0.05, 0.1) is 7.11 Å². The zero-order valence-corrected chi connectivity index (χ0v) is 25.2. The van der Waals surface area contributed by atoms with Gasteiger partial charge >= 0.3 is 0 Å². The lowest BCUT2D eigenvalue weighted by atomic mass is 10.1. The first-order chi connectivity index (χ1) is 22.5. The lowest BCUT2D eigenvalue weighted by Gasteiger charge is -2.12. The average molecular weight is 609 g/mol. The number of benzene rings is 5. The molecule has 0 radical (unpaired) electrons. The second kappa shape index (κ2) is 15.5. The second-order valence-electron chi connectivity index (χ2n) is 10.2. The van der Waals surface area contributed by atoms with Crippen molar-refractivity contribution in [1.82, 2.24) is 5.32 Å². The van der Waals surface area contributed by atoms with Crippen molar-refractivity contribution in [2.75, 3.05) is 12.4 Å². The first-order valence-electron chi connectivity index (χ1n) is 14.6. The fraction of sp³-hybridized carbons (Fsp3) is 0.0513. The molecule has 0 aliphatic rings. The predicted octanol–water partition coefficient (Wildman–Crippen LogP) is 7.58. The Bertz CT molecular complexity index is 1850. The lowest BCUT2D eigenvalue weighted by Crippen LogP contribution is -2.30. The van der Waals surface area contributed by atoms with E-state index in [2.05, 4.69) is 10.6 Å². The fourth-order valence-corrected chi connectivity index (χ4v) is 4.44. The third kappa shape index (κ3) is 8.90. The summed E-state index contributed by atoms with van der Waals surface area (Å²) in [4.78, 5) is 39.1. The van der Waals surface area contributed by atoms with Gasteiger partial charge in [-0.25, -0.2) is 0 Å². The molecule has 5 aromatic carbocycles. The number of hydrogen-bond acceptors (Lipinski definition) is 5. The summed E-state index contributed by atoms with van der Waals surface area (Å²) in [6.07, 6.45) is 4.81. The number of hydrogen-bond donors (Lipinski definition) is 2. The molecule has 0 aromatic heterocycles. The predicted molar refractivity (Wildman–Crippen MR) is 181 cm³/mol. The Kier molecular flexibility index (Phi) is 10.5. The molecule has 46 heavy (non-hydrogen) atoms. The van der Waals surface area contributed by atoms with E-state index in [9.17, 15) is 14.4 Å². The molecule has 7 heteroatoms. The van der Waals surface area contributed by atoms with Crippen LogP contribution in [0.2, 0.25) is 0 Å². The minimum atomic E-state index is -0.526. The summed E-state index contributed by atoms with van der Waals surface area (Å²) < 4.78 is 11.1. The number of amides is 2. The van der Waals surface area contributed by atoms with E-state index < -0.39 is 11.8 Å². The van der Waals surface area contributed by atoms with Gasteiger partial charge in [-0.3, -0.25) is 14.4 Å². The van der Waals surface area contributed by atoms with Crippen LogP contribution in [0.4, 0.5) is 5.69 Å². The quantitative estimate of drug-likeness (QED) is 0.113. The molecular formula is C39H32N2O5. The van der Waals surface area contributed by atoms with Crippen molar-refractivity contribution >= 4 is 35.4 Å². The van der Waals surface area contributed by atoms with Crippen molar-refractivity contribution in [1.29, 1.82) is 0 Å². The van der Waals surface area contributed by atoms with Gasteiger partial charge in [-0.05, 0) is 89.5 Å². The first-order valence-corrected chi connectivity index (χ1v) is 14.6. The fourth-order valence-electron chi connectivity index (χ4n) is 4.44. The van der Waals surface area contributed by atoms with Crippen molar-refractivity contribution in [2.24, 2.45) is 0 Å². The van der Waals surface area contributed by atoms with Crippen LogP contribution in [-0.4, -0.2) is 24.7 Å². The van der Waals surface area contributed by atoms with Crippen LogP contribution in [0.1, 0.15) is 37.4 Å². The lowest BCUT2D eigenvalue weighted by molar-refractivity contribution is -0.113. The largest absolute Gasteiger partial charge is 0.497 e. The number of nitrogens with one attached hydrogen (secondary N) is 2. The van der Waals surface area contributed by atoms with Gasteiger partial charge in [0.15, 0.2) is 5.78 Å². The average Bonchev–Trinajstić information content (AvgIpc) is 3.11. The highest BCUT2D eigenvalue weighted by Crippen LogP contribution is 2.18. The SMILES string of the molecule is COc1cccc(/C=C(\NC(=O)c2ccccc2)C(=O)Nc2ccc(C(=O)/C=C/c3ccc(OCc4ccccc4)cc3)cc2)c1. The molecule has 5 aromatic rings. The van der Waals surface area contributed by atoms with Gasteiger partial charge in [0.25, 0.3) is 11.8 Å². The van der Waals surface area contributed by atoms with Gasteiger partial charge in [0, 0.05) is 16.8 Å². The minimum Gasteiger partial charge on any atom is -0.497 e. The van der Waals surface area contributed by atoms with Crippen molar-refractivity contribution < 1.29 is 23.9 Å². The molecule has 0 atom stereocenters. The summed E-state index contributed by atoms with van der Waals surface area (Å²) in [6.45, 7) is 0.479. The molecule has 2 N–H and O–H groups in total. The number of methoxy groups -OCH3 is 1. The molecular weight excluding hydrogens is 576 g/mol. The van der Waals surface area contributed by atoms with Crippen LogP contribution in [0, 0.1) is 0 Å². The van der Waals surface area contributed by atoms with E-state index in [0.29, 0.717) is 34.7 Å². The molecule has 7 nitrogen and oxygen atoms in total. The summed E-state index contributed by atoms with van der Waals surface area (Å²) >= 11 is 0. The maximum Gasteiger partial charge on any atom is 0.272 e. The monoisotopic (exact) mass is 608 g/mol. The highest BCUT2D eigenvalue weighted by molar-refractivity contribution is 6.11. The third-order valence-corrected chi connectivity index (χ3v) is 6.92. The molecule has 228 valence electrons. The molecule has 0 aliphatic carbocycles. The Hall–Kier alpha value is -6.21. The van der Waals surface area contributed by atoms with Gasteiger partial charge in [-0.2, -0.15) is 0 Å². The second-order valence-corrected chi connectivity index (χ2v) is 10.2. The van der Waals surface area contributed by atoms with Gasteiger partial charge in [0.2, 0.25) is 0 Å². The number of carbonyl (C=O) groups excluding carboxylic acids is 3. The molecule has 0 bridgehead atoms. The van der Waals surface area contributed by atoms with Gasteiger partial charge < -0.3 is 20.1 Å². The normalized spacial score (nSPS) is 11.1. The molecule has 0 saturated carbocycles. The van der Waals surface area contributed by atoms with Crippen LogP contribution >= 0.6 is 0 Å². The molecule has 0 saturated heterocycles. The highest BCUT2D eigenvalue weighted by Gasteiger charge is 2.15. The van der Waals surface area contributed by atoms with Crippen molar-refractivity contribution in [3.05, 3.63) is 173 Å². The summed E-state index contributed by atoms with van der Waals surface area (Å²) in [6, 6.07) is 39.7. The van der Waals surface area contributed by atoms with Crippen LogP contribution in [-0.2, 0) is 11.4 Å². The van der Waals surface area contributed by atoms with E-state index in [4.69, 9.17) is 9.47 Å². The van der Waals surface area contributed by atoms with E-state index in [1.54, 1.807) is 98.1 Å². The molecule has 0 unspecified atom stereocenters. The standard InChI is InChI=1S/C39H32N2O5/c1-45-35-14-8-11-30(25-35)26-36(41-38(43)32-12-6-3-7-13-32)39(44)40-33-20-18-31(19-21-33)37(42)24-17-28-15-22-34(23-16-28)46-27-29-9-4-2-5-10-29/h2-26H,27H2,1H3,(H,40,44)(H,41,43)/b24-17+,36-26-.